The Morgan fingerprint density at radius 2 is 1.85 bits per heavy atom. The standard InChI is InChI=1S/C19H21N5O2/c1-23(2)12-11-20-18(25)15-9-7-14(8-10-15)13-24-19(26)16-5-3-4-6-17(16)21-22-24/h3-10H,11-13H2,1-2H3,(H,20,25). The van der Waals surface area contributed by atoms with Gasteiger partial charge in [-0.2, -0.15) is 0 Å². The van der Waals surface area contributed by atoms with Gasteiger partial charge in [-0.05, 0) is 43.9 Å². The number of likely N-dealkylation sites (N-methyl/N-ethyl adjacent to an activating group) is 1. The van der Waals surface area contributed by atoms with Crippen molar-refractivity contribution in [3.8, 4) is 0 Å². The summed E-state index contributed by atoms with van der Waals surface area (Å²) < 4.78 is 1.33. The van der Waals surface area contributed by atoms with Crippen LogP contribution in [0.4, 0.5) is 0 Å². The summed E-state index contributed by atoms with van der Waals surface area (Å²) in [4.78, 5) is 26.6. The lowest BCUT2D eigenvalue weighted by Crippen LogP contribution is -2.31. The summed E-state index contributed by atoms with van der Waals surface area (Å²) in [6.07, 6.45) is 0. The van der Waals surface area contributed by atoms with Gasteiger partial charge >= 0.3 is 0 Å². The van der Waals surface area contributed by atoms with Crippen molar-refractivity contribution in [3.63, 3.8) is 0 Å². The molecule has 2 aromatic carbocycles. The van der Waals surface area contributed by atoms with Crippen molar-refractivity contribution >= 4 is 16.8 Å². The van der Waals surface area contributed by atoms with Gasteiger partial charge in [0.2, 0.25) is 0 Å². The number of rotatable bonds is 6. The van der Waals surface area contributed by atoms with Crippen LogP contribution >= 0.6 is 0 Å². The van der Waals surface area contributed by atoms with E-state index in [1.54, 1.807) is 30.3 Å². The molecule has 0 atom stereocenters. The second-order valence-corrected chi connectivity index (χ2v) is 6.33. The molecule has 3 rings (SSSR count). The maximum Gasteiger partial charge on any atom is 0.277 e. The lowest BCUT2D eigenvalue weighted by molar-refractivity contribution is 0.0951. The molecule has 134 valence electrons. The van der Waals surface area contributed by atoms with E-state index < -0.39 is 0 Å². The maximum atomic E-state index is 12.5. The summed E-state index contributed by atoms with van der Waals surface area (Å²) in [5, 5.41) is 11.5. The Bertz CT molecular complexity index is 964. The number of nitrogens with one attached hydrogen (secondary N) is 1. The molecule has 1 heterocycles. The minimum absolute atomic E-state index is 0.110. The number of nitrogens with zero attached hydrogens (tertiary/aromatic N) is 4. The smallest absolute Gasteiger partial charge is 0.277 e. The van der Waals surface area contributed by atoms with Crippen molar-refractivity contribution in [1.82, 2.24) is 25.2 Å². The molecule has 0 fully saturated rings. The number of aromatic nitrogens is 3. The van der Waals surface area contributed by atoms with Gasteiger partial charge in [0.15, 0.2) is 0 Å². The Balaban J connectivity index is 1.71. The lowest BCUT2D eigenvalue weighted by atomic mass is 10.1. The number of carbonyl (C=O) groups excluding carboxylic acids is 1. The van der Waals surface area contributed by atoms with Gasteiger partial charge in [0.1, 0.15) is 5.52 Å². The highest BCUT2D eigenvalue weighted by Crippen LogP contribution is 2.07. The first-order valence-electron chi connectivity index (χ1n) is 8.39. The van der Waals surface area contributed by atoms with Crippen LogP contribution in [0, 0.1) is 0 Å². The highest BCUT2D eigenvalue weighted by molar-refractivity contribution is 5.94. The molecule has 3 aromatic rings. The van der Waals surface area contributed by atoms with Crippen molar-refractivity contribution in [1.29, 1.82) is 0 Å². The van der Waals surface area contributed by atoms with Crippen molar-refractivity contribution in [2.24, 2.45) is 0 Å². The lowest BCUT2D eigenvalue weighted by Gasteiger charge is -2.10. The second-order valence-electron chi connectivity index (χ2n) is 6.33. The summed E-state index contributed by atoms with van der Waals surface area (Å²) >= 11 is 0. The summed E-state index contributed by atoms with van der Waals surface area (Å²) in [6.45, 7) is 1.68. The van der Waals surface area contributed by atoms with Crippen LogP contribution in [0.25, 0.3) is 10.9 Å². The highest BCUT2D eigenvalue weighted by atomic mass is 16.1. The first-order chi connectivity index (χ1) is 12.5. The van der Waals surface area contributed by atoms with Gasteiger partial charge in [0.25, 0.3) is 11.5 Å². The molecule has 0 aliphatic heterocycles. The molecule has 0 saturated heterocycles. The monoisotopic (exact) mass is 351 g/mol. The van der Waals surface area contributed by atoms with Crippen molar-refractivity contribution < 1.29 is 4.79 Å². The van der Waals surface area contributed by atoms with Gasteiger partial charge < -0.3 is 10.2 Å². The molecule has 1 aromatic heterocycles. The number of hydrogen-bond acceptors (Lipinski definition) is 5. The van der Waals surface area contributed by atoms with E-state index in [9.17, 15) is 9.59 Å². The molecule has 0 unspecified atom stereocenters. The molecule has 0 bridgehead atoms. The molecule has 0 saturated carbocycles. The molecular weight excluding hydrogens is 330 g/mol. The van der Waals surface area contributed by atoms with E-state index >= 15 is 0 Å². The first kappa shape index (κ1) is 17.8. The van der Waals surface area contributed by atoms with Gasteiger partial charge in [-0.3, -0.25) is 9.59 Å². The molecule has 0 radical (unpaired) electrons. The van der Waals surface area contributed by atoms with Crippen molar-refractivity contribution in [2.45, 2.75) is 6.54 Å². The van der Waals surface area contributed by atoms with E-state index in [0.717, 1.165) is 12.1 Å². The number of benzene rings is 2. The SMILES string of the molecule is CN(C)CCNC(=O)c1ccc(Cn2nnc3ccccc3c2=O)cc1. The van der Waals surface area contributed by atoms with E-state index in [-0.39, 0.29) is 11.5 Å². The van der Waals surface area contributed by atoms with Crippen LogP contribution in [0.15, 0.2) is 53.3 Å². The zero-order chi connectivity index (χ0) is 18.5. The van der Waals surface area contributed by atoms with Gasteiger partial charge in [-0.25, -0.2) is 4.68 Å². The van der Waals surface area contributed by atoms with Crippen LogP contribution < -0.4 is 10.9 Å². The normalized spacial score (nSPS) is 11.0. The quantitative estimate of drug-likeness (QED) is 0.720. The molecule has 7 nitrogen and oxygen atoms in total. The summed E-state index contributed by atoms with van der Waals surface area (Å²) in [6, 6.07) is 14.3. The van der Waals surface area contributed by atoms with E-state index in [1.807, 2.05) is 37.2 Å². The minimum atomic E-state index is -0.180. The largest absolute Gasteiger partial charge is 0.351 e. The third kappa shape index (κ3) is 4.12. The summed E-state index contributed by atoms with van der Waals surface area (Å²) in [5.41, 5.74) is 1.87. The predicted octanol–water partition coefficient (Wildman–Crippen LogP) is 1.13. The average Bonchev–Trinajstić information content (AvgIpc) is 2.64. The van der Waals surface area contributed by atoms with Crippen LogP contribution in [0.3, 0.4) is 0 Å². The molecular formula is C19H21N5O2. The molecule has 1 amide bonds. The molecule has 0 aliphatic rings. The molecule has 0 aliphatic carbocycles. The molecule has 7 heteroatoms. The highest BCUT2D eigenvalue weighted by Gasteiger charge is 2.08. The van der Waals surface area contributed by atoms with Crippen LogP contribution in [0.2, 0.25) is 0 Å². The topological polar surface area (TPSA) is 80.1 Å². The Kier molecular flexibility index (Phi) is 5.38. The predicted molar refractivity (Wildman–Crippen MR) is 100 cm³/mol. The summed E-state index contributed by atoms with van der Waals surface area (Å²) in [7, 11) is 3.91. The number of fused-ring (bicyclic) bond motifs is 1. The molecule has 26 heavy (non-hydrogen) atoms. The van der Waals surface area contributed by atoms with Gasteiger partial charge in [0.05, 0.1) is 11.9 Å². The number of amides is 1. The van der Waals surface area contributed by atoms with E-state index in [1.165, 1.54) is 4.68 Å². The zero-order valence-electron chi connectivity index (χ0n) is 14.8. The Morgan fingerprint density at radius 3 is 2.58 bits per heavy atom. The molecule has 0 spiro atoms. The molecule has 1 N–H and O–H groups in total. The fourth-order valence-electron chi connectivity index (χ4n) is 2.56. The van der Waals surface area contributed by atoms with E-state index in [4.69, 9.17) is 0 Å². The van der Waals surface area contributed by atoms with Crippen molar-refractivity contribution in [3.05, 3.63) is 70.0 Å². The van der Waals surface area contributed by atoms with E-state index in [0.29, 0.717) is 29.6 Å². The van der Waals surface area contributed by atoms with Crippen LogP contribution in [-0.2, 0) is 6.54 Å². The van der Waals surface area contributed by atoms with Crippen molar-refractivity contribution in [2.75, 3.05) is 27.2 Å². The van der Waals surface area contributed by atoms with Crippen LogP contribution in [-0.4, -0.2) is 53.0 Å². The third-order valence-electron chi connectivity index (χ3n) is 4.02. The second kappa shape index (κ2) is 7.88. The zero-order valence-corrected chi connectivity index (χ0v) is 14.8. The number of hydrogen-bond donors (Lipinski definition) is 1. The van der Waals surface area contributed by atoms with Gasteiger partial charge in [-0.1, -0.05) is 29.5 Å². The maximum absolute atomic E-state index is 12.5. The van der Waals surface area contributed by atoms with E-state index in [2.05, 4.69) is 15.6 Å². The minimum Gasteiger partial charge on any atom is -0.351 e. The average molecular weight is 351 g/mol. The fraction of sp³-hybridized carbons (Fsp3) is 0.263. The first-order valence-corrected chi connectivity index (χ1v) is 8.39. The van der Waals surface area contributed by atoms with Crippen LogP contribution in [0.1, 0.15) is 15.9 Å². The number of carbonyl (C=O) groups is 1. The van der Waals surface area contributed by atoms with Gasteiger partial charge in [0, 0.05) is 18.7 Å². The van der Waals surface area contributed by atoms with Gasteiger partial charge in [-0.15, -0.1) is 5.10 Å². The Morgan fingerprint density at radius 1 is 1.12 bits per heavy atom. The Hall–Kier alpha value is -3.06. The summed E-state index contributed by atoms with van der Waals surface area (Å²) in [5.74, 6) is -0.110. The third-order valence-corrected chi connectivity index (χ3v) is 4.02. The Labute approximate surface area is 151 Å². The van der Waals surface area contributed by atoms with Crippen LogP contribution in [0.5, 0.6) is 0 Å². The fourth-order valence-corrected chi connectivity index (χ4v) is 2.56.